The first-order valence-corrected chi connectivity index (χ1v) is 22.6. The van der Waals surface area contributed by atoms with Crippen LogP contribution in [0.5, 0.6) is 34.5 Å². The van der Waals surface area contributed by atoms with Gasteiger partial charge in [0.2, 0.25) is 0 Å². The topological polar surface area (TPSA) is 102 Å². The van der Waals surface area contributed by atoms with E-state index in [2.05, 4.69) is 14.2 Å². The summed E-state index contributed by atoms with van der Waals surface area (Å²) >= 11 is 0. The minimum atomic E-state index is -4.89. The molecular formula is C52H47F13N2O8. The molecule has 2 heterocycles. The van der Waals surface area contributed by atoms with Crippen LogP contribution in [0.25, 0.3) is 22.3 Å². The number of halogens is 13. The molecule has 0 bridgehead atoms. The van der Waals surface area contributed by atoms with Gasteiger partial charge in [-0.15, -0.1) is 26.3 Å². The van der Waals surface area contributed by atoms with E-state index in [1.54, 1.807) is 68.4 Å². The lowest BCUT2D eigenvalue weighted by Crippen LogP contribution is -2.46. The molecular weight excluding hydrogens is 1030 g/mol. The molecule has 0 saturated heterocycles. The van der Waals surface area contributed by atoms with E-state index in [4.69, 9.17) is 14.2 Å². The molecule has 0 radical (unpaired) electrons. The van der Waals surface area contributed by atoms with E-state index in [0.717, 1.165) is 11.8 Å². The number of hydrogen-bond acceptors (Lipinski definition) is 10. The lowest BCUT2D eigenvalue weighted by molar-refractivity contribution is -0.275. The maximum Gasteiger partial charge on any atom is 0.573 e. The second-order valence-corrected chi connectivity index (χ2v) is 16.4. The number of ether oxygens (including phenoxy) is 6. The van der Waals surface area contributed by atoms with Crippen molar-refractivity contribution in [1.29, 1.82) is 0 Å². The summed E-state index contributed by atoms with van der Waals surface area (Å²) < 4.78 is 192. The normalized spacial score (nSPS) is 15.3. The van der Waals surface area contributed by atoms with Crippen LogP contribution in [0.1, 0.15) is 25.5 Å². The molecule has 0 saturated carbocycles. The number of anilines is 2. The van der Waals surface area contributed by atoms with Crippen molar-refractivity contribution >= 4 is 11.4 Å². The largest absolute Gasteiger partial charge is 0.573 e. The van der Waals surface area contributed by atoms with Gasteiger partial charge in [-0.05, 0) is 91.2 Å². The first-order valence-electron chi connectivity index (χ1n) is 22.6. The van der Waals surface area contributed by atoms with Gasteiger partial charge in [0.05, 0.1) is 43.2 Å². The molecule has 2 aliphatic heterocycles. The van der Waals surface area contributed by atoms with Crippen LogP contribution >= 0.6 is 0 Å². The molecule has 0 spiro atoms. The Morgan fingerprint density at radius 1 is 0.587 bits per heavy atom. The number of para-hydroxylation sites is 3. The van der Waals surface area contributed by atoms with Crippen molar-refractivity contribution in [2.24, 2.45) is 0 Å². The molecule has 0 aromatic heterocycles. The molecule has 6 aromatic carbocycles. The first kappa shape index (κ1) is 57.0. The summed E-state index contributed by atoms with van der Waals surface area (Å²) in [6, 6.07) is 34.0. The predicted molar refractivity (Wildman–Crippen MR) is 250 cm³/mol. The van der Waals surface area contributed by atoms with Gasteiger partial charge in [0.1, 0.15) is 36.2 Å². The molecule has 404 valence electrons. The van der Waals surface area contributed by atoms with Crippen molar-refractivity contribution in [2.45, 2.75) is 63.5 Å². The summed E-state index contributed by atoms with van der Waals surface area (Å²) in [5.74, 6) is 0.287. The highest BCUT2D eigenvalue weighted by molar-refractivity contribution is 5.81. The van der Waals surface area contributed by atoms with Crippen LogP contribution in [0.3, 0.4) is 0 Å². The van der Waals surface area contributed by atoms with E-state index in [1.807, 2.05) is 17.0 Å². The van der Waals surface area contributed by atoms with Crippen LogP contribution in [0.4, 0.5) is 68.5 Å². The van der Waals surface area contributed by atoms with Gasteiger partial charge in [0, 0.05) is 17.7 Å². The molecule has 0 aliphatic carbocycles. The summed E-state index contributed by atoms with van der Waals surface area (Å²) in [7, 11) is 0. The van der Waals surface area contributed by atoms with Crippen LogP contribution in [0.15, 0.2) is 140 Å². The molecule has 2 N–H and O–H groups in total. The number of hydrogen-bond donors (Lipinski definition) is 2. The number of β-amino-alcohol motifs (C(OH)–C–C–N with tert-alkyl or cyclic N) is 2. The Hall–Kier alpha value is -7.27. The van der Waals surface area contributed by atoms with Gasteiger partial charge in [0.25, 0.3) is 0 Å². The van der Waals surface area contributed by atoms with E-state index < -0.39 is 62.0 Å². The van der Waals surface area contributed by atoms with Crippen molar-refractivity contribution in [1.82, 2.24) is 0 Å². The van der Waals surface area contributed by atoms with Crippen molar-refractivity contribution in [2.75, 3.05) is 49.3 Å². The Bertz CT molecular complexity index is 2780. The molecule has 8 rings (SSSR count). The van der Waals surface area contributed by atoms with Crippen LogP contribution in [0, 0.1) is 0 Å². The Labute approximate surface area is 420 Å². The van der Waals surface area contributed by atoms with E-state index in [0.29, 0.717) is 65.6 Å². The highest BCUT2D eigenvalue weighted by Gasteiger charge is 2.44. The second-order valence-electron chi connectivity index (χ2n) is 16.4. The third kappa shape index (κ3) is 16.1. The second kappa shape index (κ2) is 24.4. The van der Waals surface area contributed by atoms with Gasteiger partial charge < -0.3 is 48.4 Å². The molecule has 10 nitrogen and oxygen atoms in total. The van der Waals surface area contributed by atoms with Gasteiger partial charge in [-0.2, -0.15) is 30.7 Å². The fourth-order valence-corrected chi connectivity index (χ4v) is 7.77. The third-order valence-corrected chi connectivity index (χ3v) is 10.8. The zero-order valence-electron chi connectivity index (χ0n) is 39.5. The van der Waals surface area contributed by atoms with Crippen LogP contribution in [-0.4, -0.2) is 93.3 Å². The Kier molecular flexibility index (Phi) is 18.5. The van der Waals surface area contributed by atoms with Gasteiger partial charge in [-0.1, -0.05) is 78.9 Å². The molecule has 3 atom stereocenters. The quantitative estimate of drug-likeness (QED) is 0.103. The van der Waals surface area contributed by atoms with Gasteiger partial charge in [-0.25, -0.2) is 0 Å². The molecule has 6 aromatic rings. The molecule has 23 heteroatoms. The van der Waals surface area contributed by atoms with Crippen molar-refractivity contribution < 1.29 is 95.7 Å². The number of aliphatic hydroxyl groups is 2. The number of benzene rings is 6. The number of rotatable bonds is 14. The molecule has 75 heavy (non-hydrogen) atoms. The van der Waals surface area contributed by atoms with E-state index in [-0.39, 0.29) is 29.5 Å². The maximum absolute atomic E-state index is 13.4. The number of fused-ring (bicyclic) bond motifs is 2. The lowest BCUT2D eigenvalue weighted by Gasteiger charge is -2.41. The minimum Gasteiger partial charge on any atom is -0.494 e. The fourth-order valence-electron chi connectivity index (χ4n) is 7.77. The van der Waals surface area contributed by atoms with Crippen LogP contribution in [0.2, 0.25) is 0 Å². The number of nitrogens with zero attached hydrogens (tertiary/aromatic N) is 2. The molecule has 2 aliphatic rings. The van der Waals surface area contributed by atoms with Crippen molar-refractivity contribution in [3.8, 4) is 56.8 Å². The Morgan fingerprint density at radius 2 is 1.11 bits per heavy atom. The summed E-state index contributed by atoms with van der Waals surface area (Å²) in [6.07, 6.45) is -25.9. The molecule has 2 unspecified atom stereocenters. The van der Waals surface area contributed by atoms with Crippen LogP contribution in [-0.2, 0) is 0 Å². The van der Waals surface area contributed by atoms with E-state index in [1.165, 1.54) is 71.6 Å². The average molecular weight is 1070 g/mol. The zero-order chi connectivity index (χ0) is 54.7. The SMILES string of the molecule is CCOc1cccc(C2COc3c(-c4cccc(OC(F)(F)F)c4)cccc3N2CC(O)C(F)(F)F)c1.C[C@@H](O)CN1CCOc2c(-c3cccc(OC(F)(F)F)c3)cccc21.FC(F)C(F)(F)Oc1ccccc1. The monoisotopic (exact) mass is 1070 g/mol. The number of aliphatic hydroxyl groups excluding tert-OH is 2. The van der Waals surface area contributed by atoms with Crippen LogP contribution < -0.4 is 38.2 Å². The summed E-state index contributed by atoms with van der Waals surface area (Å²) in [4.78, 5) is 3.39. The highest BCUT2D eigenvalue weighted by atomic mass is 19.4. The Morgan fingerprint density at radius 3 is 1.64 bits per heavy atom. The predicted octanol–water partition coefficient (Wildman–Crippen LogP) is 13.3. The van der Waals surface area contributed by atoms with Gasteiger partial charge in [-0.3, -0.25) is 0 Å². The summed E-state index contributed by atoms with van der Waals surface area (Å²) in [6.45, 7) is 4.56. The smallest absolute Gasteiger partial charge is 0.494 e. The third-order valence-electron chi connectivity index (χ3n) is 10.8. The summed E-state index contributed by atoms with van der Waals surface area (Å²) in [5.41, 5.74) is 3.59. The Balaban J connectivity index is 0.000000206. The highest BCUT2D eigenvalue weighted by Crippen LogP contribution is 2.47. The van der Waals surface area contributed by atoms with Crippen molar-refractivity contribution in [3.05, 3.63) is 145 Å². The van der Waals surface area contributed by atoms with E-state index >= 15 is 0 Å². The zero-order valence-corrected chi connectivity index (χ0v) is 39.5. The first-order chi connectivity index (χ1) is 35.3. The summed E-state index contributed by atoms with van der Waals surface area (Å²) in [5, 5.41) is 19.6. The lowest BCUT2D eigenvalue weighted by atomic mass is 9.98. The maximum atomic E-state index is 13.4. The molecule has 0 fully saturated rings. The number of alkyl halides is 13. The average Bonchev–Trinajstić information content (AvgIpc) is 3.33. The van der Waals surface area contributed by atoms with E-state index in [9.17, 15) is 67.3 Å². The van der Waals surface area contributed by atoms with Gasteiger partial charge >= 0.3 is 31.4 Å². The standard InChI is InChI=1S/C26H23F6NO4.C18H18F3NO3.C8H6F4O/c1-2-35-18-8-4-7-17(13-18)22-15-36-24-20(16-6-3-9-19(12-16)37-26(30,31)32)10-5-11-21(24)33(22)14-23(34)25(27,28)29;1-12(23)11-22-8-9-24-17-15(6-3-7-16(17)22)13-4-2-5-14(10-13)25-18(19,20)21;9-7(10)8(11,12)13-6-4-2-1-3-5-6/h3-13,22-23,34H,2,14-15H2,1H3;2-7,10,12,23H,8-9,11H2,1H3;1-5,7H/t;12-;/m.1./s1. The van der Waals surface area contributed by atoms with Crippen molar-refractivity contribution in [3.63, 3.8) is 0 Å². The molecule has 0 amide bonds. The minimum absolute atomic E-state index is 0.0804. The fraction of sp³-hybridized carbons (Fsp3) is 0.308. The van der Waals surface area contributed by atoms with Gasteiger partial charge in [0.15, 0.2) is 17.6 Å².